The molecule has 0 saturated carbocycles. The number of nitriles is 1. The van der Waals surface area contributed by atoms with E-state index in [2.05, 4.69) is 21.6 Å². The summed E-state index contributed by atoms with van der Waals surface area (Å²) in [5.41, 5.74) is 1.26. The molecule has 8 heteroatoms. The summed E-state index contributed by atoms with van der Waals surface area (Å²) in [5, 5.41) is 15.9. The zero-order valence-corrected chi connectivity index (χ0v) is 12.5. The molecule has 0 unspecified atom stereocenters. The fourth-order valence-corrected chi connectivity index (χ4v) is 2.34. The lowest BCUT2D eigenvalue weighted by Crippen LogP contribution is -2.32. The van der Waals surface area contributed by atoms with Gasteiger partial charge in [-0.15, -0.1) is 0 Å². The van der Waals surface area contributed by atoms with Crippen LogP contribution in [0.2, 0.25) is 0 Å². The molecular formula is C13H14N5O2S+. The van der Waals surface area contributed by atoms with Crippen LogP contribution in [0.4, 0.5) is 5.88 Å². The van der Waals surface area contributed by atoms with Crippen molar-refractivity contribution in [2.45, 2.75) is 25.4 Å². The van der Waals surface area contributed by atoms with E-state index in [1.165, 1.54) is 11.8 Å². The lowest BCUT2D eigenvalue weighted by Gasteiger charge is -2.03. The van der Waals surface area contributed by atoms with Crippen molar-refractivity contribution in [2.75, 3.05) is 11.1 Å². The minimum Gasteiger partial charge on any atom is -0.288 e. The maximum atomic E-state index is 11.8. The Morgan fingerprint density at radius 3 is 3.05 bits per heavy atom. The summed E-state index contributed by atoms with van der Waals surface area (Å²) in [4.78, 5) is 16.1. The molecule has 21 heavy (non-hydrogen) atoms. The second-order valence-electron chi connectivity index (χ2n) is 4.18. The number of thioether (sulfide) groups is 1. The second-order valence-corrected chi connectivity index (χ2v) is 5.14. The van der Waals surface area contributed by atoms with Gasteiger partial charge in [-0.2, -0.15) is 5.26 Å². The molecular weight excluding hydrogens is 290 g/mol. The van der Waals surface area contributed by atoms with Crippen molar-refractivity contribution in [1.29, 1.82) is 5.26 Å². The van der Waals surface area contributed by atoms with Crippen LogP contribution in [0, 0.1) is 18.3 Å². The van der Waals surface area contributed by atoms with E-state index in [9.17, 15) is 4.79 Å². The van der Waals surface area contributed by atoms with Gasteiger partial charge in [-0.3, -0.25) is 14.6 Å². The van der Waals surface area contributed by atoms with Gasteiger partial charge in [0.2, 0.25) is 11.2 Å². The number of hydrogen-bond donors (Lipinski definition) is 1. The molecule has 2 heterocycles. The molecule has 2 rings (SSSR count). The first-order valence-electron chi connectivity index (χ1n) is 6.29. The number of rotatable bonds is 5. The van der Waals surface area contributed by atoms with E-state index in [0.29, 0.717) is 23.0 Å². The number of hydrogen-bond acceptors (Lipinski definition) is 6. The smallest absolute Gasteiger partial charge is 0.288 e. The van der Waals surface area contributed by atoms with Gasteiger partial charge in [0.15, 0.2) is 6.54 Å². The number of carbonyl (C=O) groups is 1. The van der Waals surface area contributed by atoms with E-state index >= 15 is 0 Å². The van der Waals surface area contributed by atoms with Crippen molar-refractivity contribution < 1.29 is 14.0 Å². The van der Waals surface area contributed by atoms with Crippen LogP contribution in [0.25, 0.3) is 0 Å². The van der Waals surface area contributed by atoms with Crippen molar-refractivity contribution in [3.8, 4) is 6.07 Å². The highest BCUT2D eigenvalue weighted by Crippen LogP contribution is 2.20. The van der Waals surface area contributed by atoms with E-state index in [1.54, 1.807) is 23.0 Å². The maximum absolute atomic E-state index is 11.8. The van der Waals surface area contributed by atoms with Gasteiger partial charge < -0.3 is 0 Å². The third-order valence-corrected chi connectivity index (χ3v) is 3.55. The number of aryl methyl sites for hydroxylation is 2. The third-order valence-electron chi connectivity index (χ3n) is 2.56. The topological polar surface area (TPSA) is 95.7 Å². The van der Waals surface area contributed by atoms with E-state index in [-0.39, 0.29) is 11.7 Å². The molecule has 1 amide bonds. The molecule has 2 aromatic heterocycles. The van der Waals surface area contributed by atoms with E-state index in [1.807, 2.05) is 13.8 Å². The summed E-state index contributed by atoms with van der Waals surface area (Å²) in [6.45, 7) is 4.41. The van der Waals surface area contributed by atoms with Gasteiger partial charge in [-0.25, -0.2) is 4.98 Å². The number of amides is 1. The van der Waals surface area contributed by atoms with Crippen LogP contribution in [-0.4, -0.2) is 21.9 Å². The number of carbonyl (C=O) groups excluding carboxylic acids is 1. The van der Waals surface area contributed by atoms with Gasteiger partial charge in [0, 0.05) is 5.69 Å². The lowest BCUT2D eigenvalue weighted by atomic mass is 10.3. The molecule has 108 valence electrons. The Labute approximate surface area is 125 Å². The largest absolute Gasteiger partial charge is 0.302 e. The van der Waals surface area contributed by atoms with Crippen molar-refractivity contribution in [3.63, 3.8) is 0 Å². The lowest BCUT2D eigenvalue weighted by molar-refractivity contribution is -0.759. The van der Waals surface area contributed by atoms with Crippen molar-refractivity contribution in [3.05, 3.63) is 29.6 Å². The number of nitrogens with one attached hydrogen (secondary N) is 1. The van der Waals surface area contributed by atoms with Gasteiger partial charge in [0.1, 0.15) is 11.1 Å². The Morgan fingerprint density at radius 2 is 2.38 bits per heavy atom. The molecule has 1 N–H and O–H groups in total. The predicted octanol–water partition coefficient (Wildman–Crippen LogP) is 1.29. The number of aromatic nitrogens is 3. The van der Waals surface area contributed by atoms with Crippen molar-refractivity contribution in [2.24, 2.45) is 0 Å². The molecule has 0 radical (unpaired) electrons. The zero-order chi connectivity index (χ0) is 15.2. The fourth-order valence-electron chi connectivity index (χ4n) is 1.52. The second kappa shape index (κ2) is 6.85. The van der Waals surface area contributed by atoms with Gasteiger partial charge in [-0.05, 0) is 26.0 Å². The standard InChI is InChI=1S/C13H13N5O2S/c1-3-18-7-12(20-17-18)16-11(19)8-21-13-10(6-14)5-4-9(2)15-13/h4-5,7H,3,8H2,1-2H3/p+1. The maximum Gasteiger partial charge on any atom is 0.302 e. The highest BCUT2D eigenvalue weighted by Gasteiger charge is 2.14. The predicted molar refractivity (Wildman–Crippen MR) is 75.4 cm³/mol. The number of nitrogens with zero attached hydrogens (tertiary/aromatic N) is 4. The Hall–Kier alpha value is -2.40. The molecule has 7 nitrogen and oxygen atoms in total. The first kappa shape index (κ1) is 15.0. The van der Waals surface area contributed by atoms with Crippen LogP contribution in [0.1, 0.15) is 18.2 Å². The van der Waals surface area contributed by atoms with E-state index in [4.69, 9.17) is 9.78 Å². The molecule has 0 saturated heterocycles. The van der Waals surface area contributed by atoms with E-state index in [0.717, 1.165) is 5.69 Å². The average molecular weight is 304 g/mol. The monoisotopic (exact) mass is 304 g/mol. The van der Waals surface area contributed by atoms with Crippen molar-refractivity contribution in [1.82, 2.24) is 10.3 Å². The summed E-state index contributed by atoms with van der Waals surface area (Å²) in [5.74, 6) is 0.185. The normalized spacial score (nSPS) is 10.1. The Bertz CT molecular complexity index is 692. The number of pyridine rings is 1. The summed E-state index contributed by atoms with van der Waals surface area (Å²) >= 11 is 1.21. The van der Waals surface area contributed by atoms with Crippen LogP contribution in [-0.2, 0) is 11.3 Å². The minimum atomic E-state index is -0.244. The highest BCUT2D eigenvalue weighted by molar-refractivity contribution is 8.00. The van der Waals surface area contributed by atoms with Crippen LogP contribution < -0.4 is 10.00 Å². The molecule has 2 aromatic rings. The van der Waals surface area contributed by atoms with Crippen LogP contribution >= 0.6 is 11.8 Å². The average Bonchev–Trinajstić information content (AvgIpc) is 2.93. The van der Waals surface area contributed by atoms with Crippen molar-refractivity contribution >= 4 is 23.6 Å². The Kier molecular flexibility index (Phi) is 4.90. The van der Waals surface area contributed by atoms with Crippen LogP contribution in [0.3, 0.4) is 0 Å². The number of anilines is 1. The summed E-state index contributed by atoms with van der Waals surface area (Å²) in [6.07, 6.45) is 1.61. The quantitative estimate of drug-likeness (QED) is 0.660. The molecule has 0 atom stereocenters. The summed E-state index contributed by atoms with van der Waals surface area (Å²) in [7, 11) is 0. The summed E-state index contributed by atoms with van der Waals surface area (Å²) < 4.78 is 6.51. The third kappa shape index (κ3) is 4.03. The van der Waals surface area contributed by atoms with Gasteiger partial charge in [0.25, 0.3) is 6.20 Å². The van der Waals surface area contributed by atoms with Crippen LogP contribution in [0.15, 0.2) is 27.9 Å². The highest BCUT2D eigenvalue weighted by atomic mass is 32.2. The fraction of sp³-hybridized carbons (Fsp3) is 0.308. The minimum absolute atomic E-state index is 0.137. The molecule has 0 aromatic carbocycles. The van der Waals surface area contributed by atoms with Gasteiger partial charge in [0.05, 0.1) is 11.3 Å². The van der Waals surface area contributed by atoms with Crippen LogP contribution in [0.5, 0.6) is 0 Å². The SMILES string of the molecule is CC[n+]1cc(NC(=O)CSc2nc(C)ccc2C#N)on1. The molecule has 0 aliphatic carbocycles. The molecule has 0 aliphatic heterocycles. The van der Waals surface area contributed by atoms with E-state index < -0.39 is 0 Å². The Morgan fingerprint density at radius 1 is 1.57 bits per heavy atom. The van der Waals surface area contributed by atoms with Gasteiger partial charge in [-0.1, -0.05) is 16.4 Å². The zero-order valence-electron chi connectivity index (χ0n) is 11.7. The van der Waals surface area contributed by atoms with Gasteiger partial charge >= 0.3 is 5.88 Å². The first-order valence-corrected chi connectivity index (χ1v) is 7.27. The first-order chi connectivity index (χ1) is 10.1. The molecule has 0 bridgehead atoms. The molecule has 0 spiro atoms. The molecule has 0 aliphatic rings. The Balaban J connectivity index is 1.95. The summed E-state index contributed by atoms with van der Waals surface area (Å²) in [6, 6.07) is 5.52. The molecule has 0 fully saturated rings.